The molecule has 0 fully saturated rings. The summed E-state index contributed by atoms with van der Waals surface area (Å²) in [7, 11) is 4.27. The standard InChI is InChI=1S/C9H13B3O7/c1-15-7-4-6(12(18-10-13)19-11-14)5-8(16-2)9(7)17-3/h4-5,13-14H,1-3H3. The minimum Gasteiger partial charge on any atom is -0.493 e. The average Bonchev–Trinajstić information content (AvgIpc) is 2.45. The predicted molar refractivity (Wildman–Crippen MR) is 69.6 cm³/mol. The Morgan fingerprint density at radius 2 is 1.37 bits per heavy atom. The Morgan fingerprint density at radius 3 is 1.68 bits per heavy atom. The molecule has 1 aromatic rings. The second-order valence-corrected chi connectivity index (χ2v) is 3.27. The van der Waals surface area contributed by atoms with Crippen LogP contribution < -0.4 is 19.7 Å². The molecule has 7 nitrogen and oxygen atoms in total. The van der Waals surface area contributed by atoms with E-state index >= 15 is 0 Å². The third-order valence-corrected chi connectivity index (χ3v) is 2.33. The van der Waals surface area contributed by atoms with Crippen LogP contribution in [-0.2, 0) is 9.14 Å². The van der Waals surface area contributed by atoms with Crippen molar-refractivity contribution in [2.24, 2.45) is 0 Å². The van der Waals surface area contributed by atoms with Crippen molar-refractivity contribution in [2.75, 3.05) is 21.3 Å². The Morgan fingerprint density at radius 1 is 0.895 bits per heavy atom. The van der Waals surface area contributed by atoms with Crippen LogP contribution in [0.4, 0.5) is 0 Å². The molecule has 2 radical (unpaired) electrons. The lowest BCUT2D eigenvalue weighted by Gasteiger charge is -2.17. The van der Waals surface area contributed by atoms with Crippen LogP contribution in [-0.4, -0.2) is 53.9 Å². The molecule has 0 aliphatic heterocycles. The van der Waals surface area contributed by atoms with E-state index in [1.807, 2.05) is 0 Å². The minimum atomic E-state index is -1.05. The molecule has 0 amide bonds. The zero-order chi connectivity index (χ0) is 14.3. The van der Waals surface area contributed by atoms with Crippen LogP contribution in [0.25, 0.3) is 0 Å². The van der Waals surface area contributed by atoms with Crippen LogP contribution in [0, 0.1) is 0 Å². The second kappa shape index (κ2) is 7.95. The van der Waals surface area contributed by atoms with E-state index in [0.717, 1.165) is 0 Å². The van der Waals surface area contributed by atoms with Gasteiger partial charge in [0, 0.05) is 0 Å². The summed E-state index contributed by atoms with van der Waals surface area (Å²) in [6, 6.07) is 3.14. The maximum atomic E-state index is 8.67. The summed E-state index contributed by atoms with van der Waals surface area (Å²) in [5.74, 6) is 1.20. The lowest BCUT2D eigenvalue weighted by molar-refractivity contribution is 0.324. The highest BCUT2D eigenvalue weighted by molar-refractivity contribution is 6.68. The maximum Gasteiger partial charge on any atom is 0.470 e. The van der Waals surface area contributed by atoms with Crippen molar-refractivity contribution < 1.29 is 33.4 Å². The van der Waals surface area contributed by atoms with Gasteiger partial charge >= 0.3 is 22.5 Å². The van der Waals surface area contributed by atoms with Gasteiger partial charge < -0.3 is 33.4 Å². The minimum absolute atomic E-state index is 0.393. The van der Waals surface area contributed by atoms with Gasteiger partial charge in [0.1, 0.15) is 0 Å². The summed E-state index contributed by atoms with van der Waals surface area (Å²) < 4.78 is 25.1. The van der Waals surface area contributed by atoms with Gasteiger partial charge in [-0.1, -0.05) is 0 Å². The van der Waals surface area contributed by atoms with Gasteiger partial charge in [-0.15, -0.1) is 0 Å². The smallest absolute Gasteiger partial charge is 0.470 e. The molecular formula is C9H13B3O7. The number of hydrogen-bond donors (Lipinski definition) is 2. The largest absolute Gasteiger partial charge is 0.493 e. The summed E-state index contributed by atoms with van der Waals surface area (Å²) in [6.45, 7) is 0. The van der Waals surface area contributed by atoms with Gasteiger partial charge in [-0.3, -0.25) is 0 Å². The van der Waals surface area contributed by atoms with E-state index in [1.165, 1.54) is 21.3 Å². The highest BCUT2D eigenvalue weighted by Crippen LogP contribution is 2.35. The van der Waals surface area contributed by atoms with Gasteiger partial charge in [0.25, 0.3) is 0 Å². The van der Waals surface area contributed by atoms with E-state index in [-0.39, 0.29) is 0 Å². The van der Waals surface area contributed by atoms with Gasteiger partial charge in [0.05, 0.1) is 21.3 Å². The average molecular weight is 266 g/mol. The molecule has 0 saturated heterocycles. The Bertz CT molecular complexity index is 372. The molecule has 0 unspecified atom stereocenters. The second-order valence-electron chi connectivity index (χ2n) is 3.27. The Hall–Kier alpha value is -1.35. The van der Waals surface area contributed by atoms with Gasteiger partial charge in [0.15, 0.2) is 11.5 Å². The Kier molecular flexibility index (Phi) is 6.58. The molecule has 0 bridgehead atoms. The summed E-state index contributed by atoms with van der Waals surface area (Å²) >= 11 is 0. The van der Waals surface area contributed by atoms with Crippen molar-refractivity contribution >= 4 is 28.0 Å². The molecule has 0 aliphatic carbocycles. The van der Waals surface area contributed by atoms with E-state index in [1.54, 1.807) is 12.1 Å². The van der Waals surface area contributed by atoms with Crippen LogP contribution in [0.2, 0.25) is 0 Å². The molecule has 0 aliphatic rings. The number of benzene rings is 1. The summed E-state index contributed by atoms with van der Waals surface area (Å²) in [4.78, 5) is 0. The molecule has 2 N–H and O–H groups in total. The van der Waals surface area contributed by atoms with Crippen LogP contribution in [0.5, 0.6) is 17.2 Å². The zero-order valence-electron chi connectivity index (χ0n) is 10.8. The van der Waals surface area contributed by atoms with Gasteiger partial charge in [-0.2, -0.15) is 0 Å². The van der Waals surface area contributed by atoms with E-state index in [0.29, 0.717) is 38.1 Å². The van der Waals surface area contributed by atoms with Crippen molar-refractivity contribution in [2.45, 2.75) is 0 Å². The monoisotopic (exact) mass is 266 g/mol. The molecule has 1 rings (SSSR count). The van der Waals surface area contributed by atoms with E-state index in [2.05, 4.69) is 0 Å². The first-order valence-corrected chi connectivity index (χ1v) is 5.24. The Labute approximate surface area is 113 Å². The SMILES string of the molecule is COc1cc(B(O[B]O)O[B]O)cc(OC)c1OC. The first kappa shape index (κ1) is 15.7. The number of rotatable bonds is 8. The molecule has 19 heavy (non-hydrogen) atoms. The first-order chi connectivity index (χ1) is 9.21. The van der Waals surface area contributed by atoms with Crippen LogP contribution in [0.3, 0.4) is 0 Å². The van der Waals surface area contributed by atoms with Crippen molar-refractivity contribution in [1.82, 2.24) is 0 Å². The molecule has 100 valence electrons. The van der Waals surface area contributed by atoms with E-state index < -0.39 is 7.12 Å². The fraction of sp³-hybridized carbons (Fsp3) is 0.333. The topological polar surface area (TPSA) is 86.6 Å². The third-order valence-electron chi connectivity index (χ3n) is 2.33. The van der Waals surface area contributed by atoms with Crippen molar-refractivity contribution in [3.05, 3.63) is 12.1 Å². The Balaban J connectivity index is 3.19. The summed E-state index contributed by atoms with van der Waals surface area (Å²) in [5.41, 5.74) is 0.449. The highest BCUT2D eigenvalue weighted by Gasteiger charge is 2.25. The maximum absolute atomic E-state index is 8.67. The third kappa shape index (κ3) is 3.81. The molecule has 0 aromatic heterocycles. The number of methoxy groups -OCH3 is 3. The number of hydrogen-bond acceptors (Lipinski definition) is 7. The summed E-state index contributed by atoms with van der Waals surface area (Å²) in [6.07, 6.45) is 0. The predicted octanol–water partition coefficient (Wildman–Crippen LogP) is -1.51. The quantitative estimate of drug-likeness (QED) is 0.553. The molecule has 0 saturated carbocycles. The lowest BCUT2D eigenvalue weighted by atomic mass is 9.76. The molecule has 1 aromatic carbocycles. The molecule has 0 atom stereocenters. The first-order valence-electron chi connectivity index (χ1n) is 5.24. The van der Waals surface area contributed by atoms with Crippen LogP contribution in [0.1, 0.15) is 0 Å². The van der Waals surface area contributed by atoms with Crippen LogP contribution >= 0.6 is 0 Å². The highest BCUT2D eigenvalue weighted by atomic mass is 16.6. The van der Waals surface area contributed by atoms with Gasteiger partial charge in [-0.05, 0) is 17.6 Å². The molecular weight excluding hydrogens is 253 g/mol. The van der Waals surface area contributed by atoms with Crippen molar-refractivity contribution in [3.63, 3.8) is 0 Å². The zero-order valence-corrected chi connectivity index (χ0v) is 10.8. The van der Waals surface area contributed by atoms with Crippen molar-refractivity contribution in [3.8, 4) is 17.2 Å². The fourth-order valence-corrected chi connectivity index (χ4v) is 1.54. The molecule has 0 heterocycles. The van der Waals surface area contributed by atoms with Gasteiger partial charge in [0.2, 0.25) is 5.75 Å². The van der Waals surface area contributed by atoms with Crippen molar-refractivity contribution in [1.29, 1.82) is 0 Å². The lowest BCUT2D eigenvalue weighted by Crippen LogP contribution is -2.39. The van der Waals surface area contributed by atoms with E-state index in [9.17, 15) is 0 Å². The molecule has 10 heteroatoms. The van der Waals surface area contributed by atoms with Crippen LogP contribution in [0.15, 0.2) is 12.1 Å². The van der Waals surface area contributed by atoms with Gasteiger partial charge in [-0.25, -0.2) is 0 Å². The molecule has 0 spiro atoms. The normalized spacial score (nSPS) is 9.74. The number of ether oxygens (including phenoxy) is 3. The van der Waals surface area contributed by atoms with E-state index in [4.69, 9.17) is 33.4 Å². The fourth-order valence-electron chi connectivity index (χ4n) is 1.54. The summed E-state index contributed by atoms with van der Waals surface area (Å²) in [5, 5.41) is 17.3.